The summed E-state index contributed by atoms with van der Waals surface area (Å²) in [6.07, 6.45) is 1.00. The number of amides is 1. The summed E-state index contributed by atoms with van der Waals surface area (Å²) in [5.74, 6) is 1.35. The average molecular weight is 309 g/mol. The Bertz CT molecular complexity index is 800. The quantitative estimate of drug-likeness (QED) is 0.758. The Morgan fingerprint density at radius 1 is 1.22 bits per heavy atom. The zero-order chi connectivity index (χ0) is 16.2. The van der Waals surface area contributed by atoms with Crippen molar-refractivity contribution in [3.05, 3.63) is 65.2 Å². The number of nitrogens with zero attached hydrogens (tertiary/aromatic N) is 1. The summed E-state index contributed by atoms with van der Waals surface area (Å²) >= 11 is 0. The molecule has 0 bridgehead atoms. The molecule has 0 atom stereocenters. The lowest BCUT2D eigenvalue weighted by atomic mass is 10.1. The highest BCUT2D eigenvalue weighted by molar-refractivity contribution is 5.93. The summed E-state index contributed by atoms with van der Waals surface area (Å²) in [5, 5.41) is 9.80. The van der Waals surface area contributed by atoms with Gasteiger partial charge < -0.3 is 9.73 Å². The van der Waals surface area contributed by atoms with E-state index in [1.807, 2.05) is 31.2 Å². The second-order valence-electron chi connectivity index (χ2n) is 5.41. The lowest BCUT2D eigenvalue weighted by molar-refractivity contribution is 0.0943. The number of benzene rings is 1. The molecule has 0 fully saturated rings. The maximum absolute atomic E-state index is 12.1. The number of hydrogen-bond donors (Lipinski definition) is 2. The normalized spacial score (nSPS) is 10.7. The number of H-pyrrole nitrogens is 1. The van der Waals surface area contributed by atoms with Crippen molar-refractivity contribution in [3.63, 3.8) is 0 Å². The van der Waals surface area contributed by atoms with Crippen LogP contribution in [0.25, 0.3) is 11.3 Å². The lowest BCUT2D eigenvalue weighted by Gasteiger charge is -2.00. The number of rotatable bonds is 5. The van der Waals surface area contributed by atoms with Gasteiger partial charge in [0.25, 0.3) is 5.91 Å². The van der Waals surface area contributed by atoms with E-state index in [2.05, 4.69) is 34.6 Å². The van der Waals surface area contributed by atoms with Crippen molar-refractivity contribution in [3.8, 4) is 11.3 Å². The van der Waals surface area contributed by atoms with Crippen LogP contribution >= 0.6 is 0 Å². The smallest absolute Gasteiger partial charge is 0.269 e. The third-order valence-corrected chi connectivity index (χ3v) is 3.70. The fourth-order valence-electron chi connectivity index (χ4n) is 2.34. The number of aromatic nitrogens is 2. The Morgan fingerprint density at radius 3 is 2.65 bits per heavy atom. The maximum Gasteiger partial charge on any atom is 0.269 e. The molecule has 0 spiro atoms. The van der Waals surface area contributed by atoms with Gasteiger partial charge in [0.2, 0.25) is 0 Å². The van der Waals surface area contributed by atoms with E-state index in [1.54, 1.807) is 6.07 Å². The van der Waals surface area contributed by atoms with Crippen LogP contribution in [0.5, 0.6) is 0 Å². The van der Waals surface area contributed by atoms with Gasteiger partial charge >= 0.3 is 0 Å². The van der Waals surface area contributed by atoms with E-state index in [0.717, 1.165) is 29.2 Å². The first-order chi connectivity index (χ1) is 11.2. The SMILES string of the molecule is CCc1ccc(-c2cc(C(=O)NCc3ccc(C)o3)[nH]n2)cc1. The summed E-state index contributed by atoms with van der Waals surface area (Å²) in [6, 6.07) is 13.7. The number of aryl methyl sites for hydroxylation is 2. The largest absolute Gasteiger partial charge is 0.465 e. The van der Waals surface area contributed by atoms with Crippen molar-refractivity contribution >= 4 is 5.91 Å². The van der Waals surface area contributed by atoms with Crippen LogP contribution in [-0.2, 0) is 13.0 Å². The minimum atomic E-state index is -0.206. The van der Waals surface area contributed by atoms with E-state index < -0.39 is 0 Å². The number of hydrogen-bond acceptors (Lipinski definition) is 3. The van der Waals surface area contributed by atoms with Gasteiger partial charge in [-0.15, -0.1) is 0 Å². The molecule has 0 aliphatic carbocycles. The van der Waals surface area contributed by atoms with E-state index in [0.29, 0.717) is 12.2 Å². The van der Waals surface area contributed by atoms with Crippen LogP contribution in [0.15, 0.2) is 46.9 Å². The highest BCUT2D eigenvalue weighted by atomic mass is 16.3. The Kier molecular flexibility index (Phi) is 4.28. The summed E-state index contributed by atoms with van der Waals surface area (Å²) in [6.45, 7) is 4.34. The predicted octanol–water partition coefficient (Wildman–Crippen LogP) is 3.47. The molecule has 0 unspecified atom stereocenters. The standard InChI is InChI=1S/C18H19N3O2/c1-3-13-5-7-14(8-6-13)16-10-17(21-20-16)18(22)19-11-15-9-4-12(2)23-15/h4-10H,3,11H2,1-2H3,(H,19,22)(H,20,21). The van der Waals surface area contributed by atoms with Crippen molar-refractivity contribution < 1.29 is 9.21 Å². The number of carbonyl (C=O) groups excluding carboxylic acids is 1. The number of furan rings is 1. The molecule has 118 valence electrons. The molecular weight excluding hydrogens is 290 g/mol. The minimum Gasteiger partial charge on any atom is -0.465 e. The van der Waals surface area contributed by atoms with E-state index in [9.17, 15) is 4.79 Å². The van der Waals surface area contributed by atoms with Crippen molar-refractivity contribution in [2.45, 2.75) is 26.8 Å². The van der Waals surface area contributed by atoms with E-state index in [4.69, 9.17) is 4.42 Å². The molecule has 2 aromatic heterocycles. The molecule has 3 aromatic rings. The summed E-state index contributed by atoms with van der Waals surface area (Å²) < 4.78 is 5.43. The lowest BCUT2D eigenvalue weighted by Crippen LogP contribution is -2.22. The highest BCUT2D eigenvalue weighted by Gasteiger charge is 2.11. The van der Waals surface area contributed by atoms with E-state index in [1.165, 1.54) is 5.56 Å². The molecule has 2 N–H and O–H groups in total. The monoisotopic (exact) mass is 309 g/mol. The van der Waals surface area contributed by atoms with Gasteiger partial charge in [0.1, 0.15) is 17.2 Å². The molecule has 0 radical (unpaired) electrons. The van der Waals surface area contributed by atoms with Crippen molar-refractivity contribution in [1.82, 2.24) is 15.5 Å². The van der Waals surface area contributed by atoms with E-state index in [-0.39, 0.29) is 5.91 Å². The first-order valence-electron chi connectivity index (χ1n) is 7.64. The molecular formula is C18H19N3O2. The molecule has 1 amide bonds. The van der Waals surface area contributed by atoms with Gasteiger partial charge in [-0.25, -0.2) is 0 Å². The summed E-state index contributed by atoms with van der Waals surface area (Å²) in [7, 11) is 0. The average Bonchev–Trinajstić information content (AvgIpc) is 3.22. The van der Waals surface area contributed by atoms with Crippen LogP contribution in [0.4, 0.5) is 0 Å². The third-order valence-electron chi connectivity index (χ3n) is 3.70. The van der Waals surface area contributed by atoms with E-state index >= 15 is 0 Å². The second-order valence-corrected chi connectivity index (χ2v) is 5.41. The molecule has 0 saturated carbocycles. The molecule has 5 nitrogen and oxygen atoms in total. The zero-order valence-corrected chi connectivity index (χ0v) is 13.2. The first-order valence-corrected chi connectivity index (χ1v) is 7.64. The Balaban J connectivity index is 1.66. The molecule has 0 saturated heterocycles. The van der Waals surface area contributed by atoms with Gasteiger partial charge in [-0.05, 0) is 37.1 Å². The maximum atomic E-state index is 12.1. The number of aromatic amines is 1. The zero-order valence-electron chi connectivity index (χ0n) is 13.2. The topological polar surface area (TPSA) is 70.9 Å². The van der Waals surface area contributed by atoms with Crippen molar-refractivity contribution in [2.75, 3.05) is 0 Å². The highest BCUT2D eigenvalue weighted by Crippen LogP contribution is 2.18. The third kappa shape index (κ3) is 3.51. The minimum absolute atomic E-state index is 0.206. The van der Waals surface area contributed by atoms with Crippen LogP contribution in [-0.4, -0.2) is 16.1 Å². The van der Waals surface area contributed by atoms with Gasteiger partial charge in [0.15, 0.2) is 0 Å². The van der Waals surface area contributed by atoms with Gasteiger partial charge in [0.05, 0.1) is 12.2 Å². The molecule has 0 aliphatic heterocycles. The van der Waals surface area contributed by atoms with Crippen LogP contribution in [0.1, 0.15) is 34.5 Å². The molecule has 3 rings (SSSR count). The fraction of sp³-hybridized carbons (Fsp3) is 0.222. The van der Waals surface area contributed by atoms with Gasteiger partial charge in [-0.2, -0.15) is 5.10 Å². The molecule has 2 heterocycles. The van der Waals surface area contributed by atoms with Gasteiger partial charge in [-0.1, -0.05) is 31.2 Å². The van der Waals surface area contributed by atoms with Gasteiger partial charge in [0, 0.05) is 5.56 Å². The predicted molar refractivity (Wildman–Crippen MR) is 88.0 cm³/mol. The molecule has 1 aromatic carbocycles. The van der Waals surface area contributed by atoms with Gasteiger partial charge in [-0.3, -0.25) is 9.89 Å². The first kappa shape index (κ1) is 15.1. The van der Waals surface area contributed by atoms with Crippen LogP contribution in [0.3, 0.4) is 0 Å². The molecule has 5 heteroatoms. The second kappa shape index (κ2) is 6.52. The Morgan fingerprint density at radius 2 is 2.00 bits per heavy atom. The molecule has 23 heavy (non-hydrogen) atoms. The Hall–Kier alpha value is -2.82. The summed E-state index contributed by atoms with van der Waals surface area (Å²) in [4.78, 5) is 12.1. The van der Waals surface area contributed by atoms with Crippen molar-refractivity contribution in [1.29, 1.82) is 0 Å². The van der Waals surface area contributed by atoms with Crippen LogP contribution < -0.4 is 5.32 Å². The summed E-state index contributed by atoms with van der Waals surface area (Å²) in [5.41, 5.74) is 3.45. The molecule has 0 aliphatic rings. The van der Waals surface area contributed by atoms with Crippen LogP contribution in [0, 0.1) is 6.92 Å². The van der Waals surface area contributed by atoms with Crippen LogP contribution in [0.2, 0.25) is 0 Å². The number of carbonyl (C=O) groups is 1. The fourth-order valence-corrected chi connectivity index (χ4v) is 2.34. The van der Waals surface area contributed by atoms with Crippen molar-refractivity contribution in [2.24, 2.45) is 0 Å². The number of nitrogens with one attached hydrogen (secondary N) is 2. The Labute approximate surface area is 134 Å².